The normalized spacial score (nSPS) is 10.8. The average molecular weight is 366 g/mol. The highest BCUT2D eigenvalue weighted by atomic mass is 79.9. The first-order valence-electron chi connectivity index (χ1n) is 6.35. The third-order valence-electron chi connectivity index (χ3n) is 3.15. The maximum absolute atomic E-state index is 13.3. The van der Waals surface area contributed by atoms with Crippen molar-refractivity contribution < 1.29 is 4.39 Å². The number of halogens is 3. The molecule has 106 valence electrons. The van der Waals surface area contributed by atoms with E-state index in [1.807, 2.05) is 24.3 Å². The predicted octanol–water partition coefficient (Wildman–Crippen LogP) is 5.40. The van der Waals surface area contributed by atoms with E-state index in [9.17, 15) is 4.39 Å². The molecule has 0 saturated heterocycles. The topological polar surface area (TPSA) is 24.9 Å². The van der Waals surface area contributed by atoms with Crippen molar-refractivity contribution in [2.45, 2.75) is 6.54 Å². The van der Waals surface area contributed by atoms with Crippen LogP contribution in [0.3, 0.4) is 0 Å². The lowest BCUT2D eigenvalue weighted by molar-refractivity contribution is 0.625. The van der Waals surface area contributed by atoms with Crippen LogP contribution >= 0.6 is 27.5 Å². The molecular weight excluding hydrogens is 355 g/mol. The zero-order valence-corrected chi connectivity index (χ0v) is 13.2. The maximum Gasteiger partial charge on any atom is 0.123 e. The molecule has 21 heavy (non-hydrogen) atoms. The lowest BCUT2D eigenvalue weighted by Gasteiger charge is -2.11. The molecule has 0 atom stereocenters. The summed E-state index contributed by atoms with van der Waals surface area (Å²) < 4.78 is 14.2. The number of aromatic nitrogens is 1. The van der Waals surface area contributed by atoms with Crippen LogP contribution in [0.25, 0.3) is 10.9 Å². The molecule has 0 spiro atoms. The molecule has 0 aliphatic rings. The Hall–Kier alpha value is -1.65. The van der Waals surface area contributed by atoms with Crippen LogP contribution in [0.2, 0.25) is 5.02 Å². The van der Waals surface area contributed by atoms with Crippen molar-refractivity contribution in [2.75, 3.05) is 5.32 Å². The molecule has 2 aromatic carbocycles. The molecule has 3 rings (SSSR count). The van der Waals surface area contributed by atoms with Crippen LogP contribution in [0.4, 0.5) is 10.1 Å². The summed E-state index contributed by atoms with van der Waals surface area (Å²) in [6, 6.07) is 12.1. The second-order valence-electron chi connectivity index (χ2n) is 4.62. The van der Waals surface area contributed by atoms with Gasteiger partial charge in [0.2, 0.25) is 0 Å². The highest BCUT2D eigenvalue weighted by Crippen LogP contribution is 2.27. The Morgan fingerprint density at radius 1 is 1.19 bits per heavy atom. The minimum atomic E-state index is -0.260. The summed E-state index contributed by atoms with van der Waals surface area (Å²) >= 11 is 9.54. The molecule has 2 nitrogen and oxygen atoms in total. The number of fused-ring (bicyclic) bond motifs is 1. The molecule has 1 aromatic heterocycles. The van der Waals surface area contributed by atoms with Crippen molar-refractivity contribution >= 4 is 44.1 Å². The Balaban J connectivity index is 1.93. The second-order valence-corrected chi connectivity index (χ2v) is 5.91. The van der Waals surface area contributed by atoms with E-state index in [4.69, 9.17) is 11.6 Å². The SMILES string of the molecule is Fc1ccc(Br)c(CNc2cc(Cl)cc3cccnc23)c1. The van der Waals surface area contributed by atoms with Crippen LogP contribution in [0, 0.1) is 5.82 Å². The molecule has 0 aliphatic carbocycles. The molecule has 1 N–H and O–H groups in total. The predicted molar refractivity (Wildman–Crippen MR) is 88.2 cm³/mol. The van der Waals surface area contributed by atoms with Gasteiger partial charge in [-0.15, -0.1) is 0 Å². The zero-order valence-electron chi connectivity index (χ0n) is 10.9. The minimum Gasteiger partial charge on any atom is -0.379 e. The maximum atomic E-state index is 13.3. The van der Waals surface area contributed by atoms with E-state index >= 15 is 0 Å². The molecule has 5 heteroatoms. The minimum absolute atomic E-state index is 0.260. The van der Waals surface area contributed by atoms with Gasteiger partial charge in [-0.05, 0) is 42.0 Å². The first-order valence-corrected chi connectivity index (χ1v) is 7.52. The lowest BCUT2D eigenvalue weighted by atomic mass is 10.1. The Kier molecular flexibility index (Phi) is 4.08. The first kappa shape index (κ1) is 14.3. The van der Waals surface area contributed by atoms with Crippen LogP contribution in [-0.4, -0.2) is 4.98 Å². The van der Waals surface area contributed by atoms with Crippen LogP contribution in [0.1, 0.15) is 5.56 Å². The molecule has 3 aromatic rings. The smallest absolute Gasteiger partial charge is 0.123 e. The van der Waals surface area contributed by atoms with Crippen molar-refractivity contribution in [3.8, 4) is 0 Å². The fraction of sp³-hybridized carbons (Fsp3) is 0.0625. The summed E-state index contributed by atoms with van der Waals surface area (Å²) in [6.45, 7) is 0.477. The number of hydrogen-bond acceptors (Lipinski definition) is 2. The van der Waals surface area contributed by atoms with Crippen LogP contribution in [0.15, 0.2) is 53.1 Å². The third kappa shape index (κ3) is 3.17. The van der Waals surface area contributed by atoms with E-state index in [1.54, 1.807) is 12.3 Å². The largest absolute Gasteiger partial charge is 0.379 e. The Morgan fingerprint density at radius 3 is 2.90 bits per heavy atom. The quantitative estimate of drug-likeness (QED) is 0.672. The van der Waals surface area contributed by atoms with Gasteiger partial charge in [0.25, 0.3) is 0 Å². The molecule has 0 aliphatic heterocycles. The standard InChI is InChI=1S/C16H11BrClFN2/c17-14-4-3-13(19)7-11(14)9-21-15-8-12(18)6-10-2-1-5-20-16(10)15/h1-8,21H,9H2. The molecule has 1 heterocycles. The van der Waals surface area contributed by atoms with E-state index in [0.29, 0.717) is 11.6 Å². The Morgan fingerprint density at radius 2 is 2.05 bits per heavy atom. The number of nitrogens with zero attached hydrogens (tertiary/aromatic N) is 1. The van der Waals surface area contributed by atoms with Crippen LogP contribution in [0.5, 0.6) is 0 Å². The number of pyridine rings is 1. The van der Waals surface area contributed by atoms with Crippen LogP contribution in [-0.2, 0) is 6.54 Å². The lowest BCUT2D eigenvalue weighted by Crippen LogP contribution is -2.02. The fourth-order valence-electron chi connectivity index (χ4n) is 2.16. The van der Waals surface area contributed by atoms with Gasteiger partial charge >= 0.3 is 0 Å². The third-order valence-corrected chi connectivity index (χ3v) is 4.14. The van der Waals surface area contributed by atoms with Crippen molar-refractivity contribution in [1.29, 1.82) is 0 Å². The van der Waals surface area contributed by atoms with Gasteiger partial charge in [-0.25, -0.2) is 4.39 Å². The number of anilines is 1. The number of rotatable bonds is 3. The summed E-state index contributed by atoms with van der Waals surface area (Å²) in [5.74, 6) is -0.260. The van der Waals surface area contributed by atoms with Crippen molar-refractivity contribution in [3.63, 3.8) is 0 Å². The van der Waals surface area contributed by atoms with Gasteiger partial charge in [0.1, 0.15) is 5.82 Å². The fourth-order valence-corrected chi connectivity index (χ4v) is 2.77. The Bertz CT molecular complexity index is 807. The van der Waals surface area contributed by atoms with Crippen LogP contribution < -0.4 is 5.32 Å². The van der Waals surface area contributed by atoms with Gasteiger partial charge in [-0.1, -0.05) is 33.6 Å². The van der Waals surface area contributed by atoms with E-state index in [-0.39, 0.29) is 5.82 Å². The number of hydrogen-bond donors (Lipinski definition) is 1. The van der Waals surface area contributed by atoms with Crippen molar-refractivity contribution in [2.24, 2.45) is 0 Å². The van der Waals surface area contributed by atoms with E-state index < -0.39 is 0 Å². The average Bonchev–Trinajstić information content (AvgIpc) is 2.47. The summed E-state index contributed by atoms with van der Waals surface area (Å²) in [6.07, 6.45) is 1.74. The molecule has 0 unspecified atom stereocenters. The molecule has 0 fully saturated rings. The molecule has 0 amide bonds. The first-order chi connectivity index (χ1) is 10.1. The van der Waals surface area contributed by atoms with Crippen molar-refractivity contribution in [3.05, 3.63) is 69.5 Å². The van der Waals surface area contributed by atoms with E-state index in [0.717, 1.165) is 26.6 Å². The van der Waals surface area contributed by atoms with Gasteiger partial charge in [0.15, 0.2) is 0 Å². The summed E-state index contributed by atoms with van der Waals surface area (Å²) in [5.41, 5.74) is 2.50. The highest BCUT2D eigenvalue weighted by molar-refractivity contribution is 9.10. The Labute approximate surface area is 135 Å². The summed E-state index contributed by atoms with van der Waals surface area (Å²) in [7, 11) is 0. The van der Waals surface area contributed by atoms with Gasteiger partial charge in [0, 0.05) is 27.6 Å². The van der Waals surface area contributed by atoms with Gasteiger partial charge in [-0.2, -0.15) is 0 Å². The van der Waals surface area contributed by atoms with E-state index in [2.05, 4.69) is 26.2 Å². The van der Waals surface area contributed by atoms with Gasteiger partial charge in [-0.3, -0.25) is 4.98 Å². The summed E-state index contributed by atoms with van der Waals surface area (Å²) in [5, 5.41) is 4.87. The molecular formula is C16H11BrClFN2. The highest BCUT2D eigenvalue weighted by Gasteiger charge is 2.06. The monoisotopic (exact) mass is 364 g/mol. The van der Waals surface area contributed by atoms with Gasteiger partial charge < -0.3 is 5.32 Å². The zero-order chi connectivity index (χ0) is 14.8. The van der Waals surface area contributed by atoms with Gasteiger partial charge in [0.05, 0.1) is 11.2 Å². The second kappa shape index (κ2) is 6.00. The summed E-state index contributed by atoms with van der Waals surface area (Å²) in [4.78, 5) is 4.37. The number of nitrogens with one attached hydrogen (secondary N) is 1. The van der Waals surface area contributed by atoms with Crippen molar-refractivity contribution in [1.82, 2.24) is 4.98 Å². The number of benzene rings is 2. The van der Waals surface area contributed by atoms with E-state index in [1.165, 1.54) is 12.1 Å². The molecule has 0 radical (unpaired) electrons. The molecule has 0 bridgehead atoms. The molecule has 0 saturated carbocycles.